The van der Waals surface area contributed by atoms with E-state index in [9.17, 15) is 4.79 Å². The number of nitrogens with one attached hydrogen (secondary N) is 3. The second-order valence-electron chi connectivity index (χ2n) is 3.83. The van der Waals surface area contributed by atoms with Crippen molar-refractivity contribution in [1.29, 1.82) is 0 Å². The number of aromatic amines is 2. The zero-order chi connectivity index (χ0) is 13.9. The zero-order valence-corrected chi connectivity index (χ0v) is 11.4. The van der Waals surface area contributed by atoms with Gasteiger partial charge in [0.2, 0.25) is 5.95 Å². The van der Waals surface area contributed by atoms with Crippen molar-refractivity contribution in [3.63, 3.8) is 0 Å². The summed E-state index contributed by atoms with van der Waals surface area (Å²) >= 11 is 1.25. The van der Waals surface area contributed by atoms with E-state index in [0.29, 0.717) is 33.8 Å². The highest BCUT2D eigenvalue weighted by Gasteiger charge is 2.12. The predicted octanol–water partition coefficient (Wildman–Crippen LogP) is 1.02. The first-order chi connectivity index (χ1) is 9.76. The first kappa shape index (κ1) is 12.6. The lowest BCUT2D eigenvalue weighted by Crippen LogP contribution is -2.06. The Hall–Kier alpha value is -2.42. The predicted molar refractivity (Wildman–Crippen MR) is 74.8 cm³/mol. The molecule has 0 spiro atoms. The Morgan fingerprint density at radius 1 is 1.35 bits per heavy atom. The molecule has 3 rings (SSSR count). The topological polar surface area (TPSA) is 112 Å². The van der Waals surface area contributed by atoms with Crippen LogP contribution >= 0.6 is 11.8 Å². The van der Waals surface area contributed by atoms with Gasteiger partial charge in [-0.25, -0.2) is 15.0 Å². The lowest BCUT2D eigenvalue weighted by atomic mass is 10.5. The number of imidazole rings is 1. The van der Waals surface area contributed by atoms with Crippen molar-refractivity contribution >= 4 is 28.9 Å². The summed E-state index contributed by atoms with van der Waals surface area (Å²) in [5.74, 6) is 0.493. The van der Waals surface area contributed by atoms with Crippen LogP contribution in [0.25, 0.3) is 11.2 Å². The highest BCUT2D eigenvalue weighted by atomic mass is 32.2. The second-order valence-corrected chi connectivity index (χ2v) is 4.80. The molecule has 0 aliphatic heterocycles. The van der Waals surface area contributed by atoms with Gasteiger partial charge in [-0.2, -0.15) is 4.98 Å². The third kappa shape index (κ3) is 2.48. The maximum atomic E-state index is 11.3. The van der Waals surface area contributed by atoms with Gasteiger partial charge in [0.1, 0.15) is 10.5 Å². The van der Waals surface area contributed by atoms with Crippen LogP contribution < -0.4 is 10.9 Å². The normalized spacial score (nSPS) is 10.8. The minimum Gasteiger partial charge on any atom is -0.354 e. The number of rotatable bonds is 4. The first-order valence-corrected chi connectivity index (χ1v) is 6.76. The fourth-order valence-corrected chi connectivity index (χ4v) is 2.45. The van der Waals surface area contributed by atoms with E-state index in [1.54, 1.807) is 6.33 Å². The molecule has 3 aromatic heterocycles. The lowest BCUT2D eigenvalue weighted by molar-refractivity contribution is 0.931. The Morgan fingerprint density at radius 3 is 3.05 bits per heavy atom. The Bertz CT molecular complexity index is 797. The number of aromatic nitrogens is 6. The van der Waals surface area contributed by atoms with E-state index < -0.39 is 0 Å². The maximum Gasteiger partial charge on any atom is 0.251 e. The number of anilines is 1. The van der Waals surface area contributed by atoms with Gasteiger partial charge in [-0.15, -0.1) is 0 Å². The average molecular weight is 289 g/mol. The third-order valence-corrected chi connectivity index (χ3v) is 3.32. The van der Waals surface area contributed by atoms with Gasteiger partial charge >= 0.3 is 0 Å². The SMILES string of the molecule is CCNc1nc(Sc2nccc(=O)[nH]2)c2[nH]cnc2n1. The number of hydrogen-bond acceptors (Lipinski definition) is 7. The Labute approximate surface area is 117 Å². The molecule has 102 valence electrons. The van der Waals surface area contributed by atoms with Crippen molar-refractivity contribution in [3.05, 3.63) is 28.9 Å². The molecule has 0 bridgehead atoms. The molecule has 8 nitrogen and oxygen atoms in total. The number of fused-ring (bicyclic) bond motifs is 1. The number of nitrogens with zero attached hydrogens (tertiary/aromatic N) is 4. The molecule has 0 aliphatic carbocycles. The first-order valence-electron chi connectivity index (χ1n) is 5.94. The quantitative estimate of drug-likeness (QED) is 0.485. The van der Waals surface area contributed by atoms with Crippen LogP contribution in [0.4, 0.5) is 5.95 Å². The lowest BCUT2D eigenvalue weighted by Gasteiger charge is -2.05. The highest BCUT2D eigenvalue weighted by molar-refractivity contribution is 7.99. The number of hydrogen-bond donors (Lipinski definition) is 3. The van der Waals surface area contributed by atoms with Gasteiger partial charge in [-0.05, 0) is 18.7 Å². The average Bonchev–Trinajstić information content (AvgIpc) is 2.87. The van der Waals surface area contributed by atoms with Gasteiger partial charge in [-0.1, -0.05) is 0 Å². The fourth-order valence-electron chi connectivity index (χ4n) is 1.61. The molecule has 0 aromatic carbocycles. The van der Waals surface area contributed by atoms with E-state index in [0.717, 1.165) is 0 Å². The molecule has 9 heteroatoms. The summed E-state index contributed by atoms with van der Waals surface area (Å²) in [6, 6.07) is 1.36. The smallest absolute Gasteiger partial charge is 0.251 e. The van der Waals surface area contributed by atoms with E-state index >= 15 is 0 Å². The minimum atomic E-state index is -0.204. The summed E-state index contributed by atoms with van der Waals surface area (Å²) in [5.41, 5.74) is 1.07. The zero-order valence-electron chi connectivity index (χ0n) is 10.5. The molecule has 3 N–H and O–H groups in total. The molecule has 0 unspecified atom stereocenters. The molecular formula is C11H11N7OS. The molecule has 0 amide bonds. The Kier molecular flexibility index (Phi) is 3.33. The van der Waals surface area contributed by atoms with E-state index in [-0.39, 0.29) is 5.56 Å². The van der Waals surface area contributed by atoms with Crippen LogP contribution in [0.15, 0.2) is 33.6 Å². The summed E-state index contributed by atoms with van der Waals surface area (Å²) < 4.78 is 0. The van der Waals surface area contributed by atoms with Gasteiger partial charge in [-0.3, -0.25) is 4.79 Å². The van der Waals surface area contributed by atoms with E-state index in [2.05, 4.69) is 35.2 Å². The second kappa shape index (κ2) is 5.29. The van der Waals surface area contributed by atoms with Gasteiger partial charge in [0.05, 0.1) is 6.33 Å². The maximum absolute atomic E-state index is 11.3. The van der Waals surface area contributed by atoms with Gasteiger partial charge in [0.15, 0.2) is 10.8 Å². The van der Waals surface area contributed by atoms with Gasteiger partial charge in [0, 0.05) is 18.8 Å². The van der Waals surface area contributed by atoms with Gasteiger partial charge in [0.25, 0.3) is 5.56 Å². The summed E-state index contributed by atoms with van der Waals surface area (Å²) in [6.45, 7) is 2.67. The highest BCUT2D eigenvalue weighted by Crippen LogP contribution is 2.27. The van der Waals surface area contributed by atoms with E-state index in [1.807, 2.05) is 6.92 Å². The molecule has 0 radical (unpaired) electrons. The van der Waals surface area contributed by atoms with Crippen LogP contribution in [-0.2, 0) is 0 Å². The summed E-state index contributed by atoms with van der Waals surface area (Å²) in [7, 11) is 0. The van der Waals surface area contributed by atoms with Crippen molar-refractivity contribution in [2.45, 2.75) is 17.1 Å². The van der Waals surface area contributed by atoms with Crippen molar-refractivity contribution in [3.8, 4) is 0 Å². The van der Waals surface area contributed by atoms with Crippen LogP contribution in [0.3, 0.4) is 0 Å². The summed E-state index contributed by atoms with van der Waals surface area (Å²) in [4.78, 5) is 33.8. The molecular weight excluding hydrogens is 278 g/mol. The summed E-state index contributed by atoms with van der Waals surface area (Å²) in [6.07, 6.45) is 3.01. The van der Waals surface area contributed by atoms with Gasteiger partial charge < -0.3 is 15.3 Å². The van der Waals surface area contributed by atoms with Crippen LogP contribution in [0.5, 0.6) is 0 Å². The van der Waals surface area contributed by atoms with Crippen molar-refractivity contribution in [2.75, 3.05) is 11.9 Å². The Morgan fingerprint density at radius 2 is 2.25 bits per heavy atom. The molecule has 0 saturated carbocycles. The van der Waals surface area contributed by atoms with Crippen molar-refractivity contribution < 1.29 is 0 Å². The molecule has 20 heavy (non-hydrogen) atoms. The third-order valence-electron chi connectivity index (χ3n) is 2.43. The van der Waals surface area contributed by atoms with Crippen LogP contribution in [0.2, 0.25) is 0 Å². The standard InChI is InChI=1S/C11H11N7OS/c1-2-12-10-17-8-7(14-5-15-8)9(18-10)20-11-13-4-3-6(19)16-11/h3-5H,2H2,1H3,(H,13,16,19)(H2,12,14,15,17,18). The monoisotopic (exact) mass is 289 g/mol. The fraction of sp³-hybridized carbons (Fsp3) is 0.182. The Balaban J connectivity index is 2.05. The van der Waals surface area contributed by atoms with Crippen molar-refractivity contribution in [2.24, 2.45) is 0 Å². The van der Waals surface area contributed by atoms with E-state index in [1.165, 1.54) is 24.0 Å². The van der Waals surface area contributed by atoms with Crippen LogP contribution in [0.1, 0.15) is 6.92 Å². The van der Waals surface area contributed by atoms with E-state index in [4.69, 9.17) is 0 Å². The van der Waals surface area contributed by atoms with Crippen LogP contribution in [0, 0.1) is 0 Å². The molecule has 0 aliphatic rings. The molecule has 0 saturated heterocycles. The largest absolute Gasteiger partial charge is 0.354 e. The van der Waals surface area contributed by atoms with Crippen LogP contribution in [-0.4, -0.2) is 36.4 Å². The molecule has 3 aromatic rings. The minimum absolute atomic E-state index is 0.204. The molecule has 3 heterocycles. The number of H-pyrrole nitrogens is 2. The van der Waals surface area contributed by atoms with Crippen molar-refractivity contribution in [1.82, 2.24) is 29.9 Å². The molecule has 0 atom stereocenters. The summed E-state index contributed by atoms with van der Waals surface area (Å²) in [5, 5.41) is 4.16. The molecule has 0 fully saturated rings.